The molecule has 3 N–H and O–H groups in total. The summed E-state index contributed by atoms with van der Waals surface area (Å²) in [5.74, 6) is -3.45. The van der Waals surface area contributed by atoms with Gasteiger partial charge in [-0.15, -0.1) is 0 Å². The van der Waals surface area contributed by atoms with Gasteiger partial charge in [0, 0.05) is 53.5 Å². The molecule has 4 rings (SSSR count). The van der Waals surface area contributed by atoms with E-state index >= 15 is 0 Å². The molecule has 1 saturated heterocycles. The molecule has 0 saturated carbocycles. The fraction of sp³-hybridized carbons (Fsp3) is 0.500. The Morgan fingerprint density at radius 2 is 1.74 bits per heavy atom. The van der Waals surface area contributed by atoms with Crippen molar-refractivity contribution in [3.05, 3.63) is 41.5 Å². The molecule has 2 aliphatic heterocycles. The van der Waals surface area contributed by atoms with Crippen molar-refractivity contribution in [3.63, 3.8) is 0 Å². The number of quaternary nitrogens is 1. The molecule has 3 unspecified atom stereocenters. The second-order valence-electron chi connectivity index (χ2n) is 11.7. The smallest absolute Gasteiger partial charge is 0.343 e. The van der Waals surface area contributed by atoms with Crippen molar-refractivity contribution in [2.45, 2.75) is 50.4 Å². The maximum atomic E-state index is 13.3. The lowest BCUT2D eigenvalue weighted by molar-refractivity contribution is -0.870. The van der Waals surface area contributed by atoms with E-state index in [-0.39, 0.29) is 24.8 Å². The molecule has 42 heavy (non-hydrogen) atoms. The van der Waals surface area contributed by atoms with Gasteiger partial charge in [-0.25, -0.2) is 4.79 Å². The van der Waals surface area contributed by atoms with Crippen LogP contribution >= 0.6 is 0 Å². The highest BCUT2D eigenvalue weighted by atomic mass is 16.6. The number of amides is 2. The molecule has 12 nitrogen and oxygen atoms in total. The summed E-state index contributed by atoms with van der Waals surface area (Å²) >= 11 is 0. The number of unbranched alkanes of at least 4 members (excludes halogenated alkanes) is 2. The molecule has 0 aliphatic carbocycles. The summed E-state index contributed by atoms with van der Waals surface area (Å²) in [5, 5.41) is 24.2. The van der Waals surface area contributed by atoms with Crippen molar-refractivity contribution < 1.29 is 48.1 Å². The summed E-state index contributed by atoms with van der Waals surface area (Å²) in [6.45, 7) is 1.42. The van der Waals surface area contributed by atoms with Gasteiger partial charge in [0.25, 0.3) is 11.8 Å². The van der Waals surface area contributed by atoms with Crippen molar-refractivity contribution in [2.24, 2.45) is 0 Å². The molecular weight excluding hydrogens is 546 g/mol. The first-order valence-corrected chi connectivity index (χ1v) is 14.1. The lowest BCUT2D eigenvalue weighted by atomic mass is 9.92. The van der Waals surface area contributed by atoms with E-state index in [0.717, 1.165) is 35.1 Å². The number of cyclic esters (lactones) is 1. The van der Waals surface area contributed by atoms with Crippen LogP contribution in [-0.4, -0.2) is 115 Å². The number of carbonyl (C=O) groups excluding carboxylic acids is 5. The molecule has 2 aliphatic rings. The minimum Gasteiger partial charge on any atom is -0.463 e. The number of aliphatic hydroxyl groups is 2. The molecule has 0 spiro atoms. The number of ether oxygens (including phenoxy) is 2. The van der Waals surface area contributed by atoms with E-state index in [1.165, 1.54) is 4.90 Å². The van der Waals surface area contributed by atoms with Crippen LogP contribution in [0.25, 0.3) is 10.8 Å². The third-order valence-corrected chi connectivity index (χ3v) is 7.36. The Morgan fingerprint density at radius 3 is 2.40 bits per heavy atom. The predicted octanol–water partition coefficient (Wildman–Crippen LogP) is 1.26. The van der Waals surface area contributed by atoms with Crippen LogP contribution in [-0.2, 0) is 23.9 Å². The first-order valence-electron chi connectivity index (χ1n) is 14.1. The first-order chi connectivity index (χ1) is 19.9. The molecule has 3 atom stereocenters. The van der Waals surface area contributed by atoms with Crippen LogP contribution < -0.4 is 5.32 Å². The Balaban J connectivity index is 1.25. The van der Waals surface area contributed by atoms with Crippen LogP contribution in [0.15, 0.2) is 30.3 Å². The number of aliphatic hydroxyl groups excluding tert-OH is 2. The van der Waals surface area contributed by atoms with E-state index in [0.29, 0.717) is 35.8 Å². The highest BCUT2D eigenvalue weighted by Gasteiger charge is 2.46. The largest absolute Gasteiger partial charge is 0.463 e. The van der Waals surface area contributed by atoms with Gasteiger partial charge in [0.15, 0.2) is 6.10 Å². The molecule has 0 bridgehead atoms. The minimum absolute atomic E-state index is 0.0162. The monoisotopic (exact) mass is 584 g/mol. The average molecular weight is 585 g/mol. The van der Waals surface area contributed by atoms with Crippen LogP contribution in [0.1, 0.15) is 52.8 Å². The van der Waals surface area contributed by atoms with E-state index in [9.17, 15) is 34.2 Å². The molecule has 226 valence electrons. The number of benzene rings is 2. The molecule has 12 heteroatoms. The summed E-state index contributed by atoms with van der Waals surface area (Å²) < 4.78 is 10.4. The zero-order valence-electron chi connectivity index (χ0n) is 24.1. The summed E-state index contributed by atoms with van der Waals surface area (Å²) in [7, 11) is 6.43. The quantitative estimate of drug-likeness (QED) is 0.0970. The predicted molar refractivity (Wildman–Crippen MR) is 152 cm³/mol. The van der Waals surface area contributed by atoms with Gasteiger partial charge in [-0.05, 0) is 31.0 Å². The van der Waals surface area contributed by atoms with Gasteiger partial charge in [0.05, 0.1) is 27.7 Å². The maximum absolute atomic E-state index is 13.3. The van der Waals surface area contributed by atoms with E-state index in [4.69, 9.17) is 4.74 Å². The fourth-order valence-electron chi connectivity index (χ4n) is 5.12. The molecular formula is C30H38N3O9+. The van der Waals surface area contributed by atoms with Crippen molar-refractivity contribution in [1.29, 1.82) is 0 Å². The molecule has 2 amide bonds. The number of ketones is 1. The maximum Gasteiger partial charge on any atom is 0.343 e. The van der Waals surface area contributed by atoms with Gasteiger partial charge < -0.3 is 29.5 Å². The van der Waals surface area contributed by atoms with E-state index < -0.39 is 42.6 Å². The molecule has 1 fully saturated rings. The average Bonchev–Trinajstić information content (AvgIpc) is 3.21. The van der Waals surface area contributed by atoms with E-state index in [1.807, 2.05) is 18.2 Å². The molecule has 2 aromatic rings. The van der Waals surface area contributed by atoms with Crippen LogP contribution in [0.4, 0.5) is 5.69 Å². The Morgan fingerprint density at radius 1 is 1.02 bits per heavy atom. The standard InChI is InChI=1S/C30H37N3O9/c1-33(2,3)16-8-14-31-21-13-12-20-24-18(21)9-7-10-19(24)28(38)32(29(20)39)15-6-4-5-11-23(35)41-17-22(34)27-25(36)26(37)30(40)42-27/h7,9-10,12-13,22,26-27,34,37H,4-6,8,11,14-17H2,1-3H3/p+1. The number of anilines is 1. The van der Waals surface area contributed by atoms with Crippen LogP contribution in [0.5, 0.6) is 0 Å². The van der Waals surface area contributed by atoms with E-state index in [1.54, 1.807) is 12.1 Å². The number of nitrogens with one attached hydrogen (secondary N) is 1. The van der Waals surface area contributed by atoms with Gasteiger partial charge in [0.1, 0.15) is 12.7 Å². The molecule has 0 aromatic heterocycles. The Kier molecular flexibility index (Phi) is 9.60. The summed E-state index contributed by atoms with van der Waals surface area (Å²) in [6, 6.07) is 9.12. The number of Topliss-reactive ketones (excluding diaryl/α,β-unsaturated/α-hetero) is 1. The molecule has 2 heterocycles. The van der Waals surface area contributed by atoms with E-state index in [2.05, 4.69) is 31.2 Å². The van der Waals surface area contributed by atoms with Crippen molar-refractivity contribution in [2.75, 3.05) is 52.7 Å². The van der Waals surface area contributed by atoms with Gasteiger partial charge in [-0.3, -0.25) is 24.1 Å². The number of nitrogens with zero attached hydrogens (tertiary/aromatic N) is 2. The Labute approximate surface area is 243 Å². The normalized spacial score (nSPS) is 19.3. The summed E-state index contributed by atoms with van der Waals surface area (Å²) in [6.07, 6.45) is -2.67. The molecule has 2 aromatic carbocycles. The number of carbonyl (C=O) groups is 5. The SMILES string of the molecule is C[N+](C)(C)CCCNc1ccc2c3c(cccc13)C(=O)N(CCCCCC(=O)OCC(O)C1OC(=O)C(O)C1=O)C2=O. The highest BCUT2D eigenvalue weighted by molar-refractivity contribution is 6.26. The second-order valence-corrected chi connectivity index (χ2v) is 11.7. The number of esters is 2. The minimum atomic E-state index is -1.94. The van der Waals surface area contributed by atoms with Crippen molar-refractivity contribution in [3.8, 4) is 0 Å². The lowest BCUT2D eigenvalue weighted by Crippen LogP contribution is -2.41. The third-order valence-electron chi connectivity index (χ3n) is 7.36. The fourth-order valence-corrected chi connectivity index (χ4v) is 5.12. The van der Waals surface area contributed by atoms with Gasteiger partial charge in [0.2, 0.25) is 11.9 Å². The van der Waals surface area contributed by atoms with Gasteiger partial charge in [-0.2, -0.15) is 0 Å². The summed E-state index contributed by atoms with van der Waals surface area (Å²) in [5.41, 5.74) is 1.86. The van der Waals surface area contributed by atoms with Gasteiger partial charge >= 0.3 is 11.9 Å². The number of rotatable bonds is 14. The number of hydrogen-bond acceptors (Lipinski definition) is 10. The van der Waals surface area contributed by atoms with Crippen molar-refractivity contribution >= 4 is 46.0 Å². The number of hydrogen-bond donors (Lipinski definition) is 3. The zero-order chi connectivity index (χ0) is 30.6. The second kappa shape index (κ2) is 13.0. The molecule has 0 radical (unpaired) electrons. The summed E-state index contributed by atoms with van der Waals surface area (Å²) in [4.78, 5) is 62.8. The Bertz CT molecular complexity index is 1360. The topological polar surface area (TPSA) is 160 Å². The third kappa shape index (κ3) is 6.94. The first kappa shape index (κ1) is 31.1. The van der Waals surface area contributed by atoms with Crippen LogP contribution in [0.2, 0.25) is 0 Å². The highest BCUT2D eigenvalue weighted by Crippen LogP contribution is 2.34. The zero-order valence-corrected chi connectivity index (χ0v) is 24.1. The number of imide groups is 1. The van der Waals surface area contributed by atoms with Gasteiger partial charge in [-0.1, -0.05) is 18.6 Å². The van der Waals surface area contributed by atoms with Crippen LogP contribution in [0.3, 0.4) is 0 Å². The lowest BCUT2D eigenvalue weighted by Gasteiger charge is -2.28. The Hall–Kier alpha value is -3.87. The van der Waals surface area contributed by atoms with Crippen LogP contribution in [0, 0.1) is 0 Å². The van der Waals surface area contributed by atoms with Crippen molar-refractivity contribution in [1.82, 2.24) is 4.90 Å².